The number of fused-ring (bicyclic) bond motifs is 5. The number of carboxylic acid groups (broad SMARTS) is 1. The van der Waals surface area contributed by atoms with E-state index < -0.39 is 59.6 Å². The van der Waals surface area contributed by atoms with E-state index in [4.69, 9.17) is 23.2 Å². The molecular weight excluding hydrogens is 541 g/mol. The molecule has 8 nitrogen and oxygen atoms in total. The molecule has 2 saturated heterocycles. The number of pyridine rings is 1. The van der Waals surface area contributed by atoms with Gasteiger partial charge in [0.2, 0.25) is 5.91 Å². The molecule has 4 heterocycles. The number of hydrogen-bond acceptors (Lipinski definition) is 5. The molecule has 3 unspecified atom stereocenters. The fourth-order valence-electron chi connectivity index (χ4n) is 6.67. The Bertz CT molecular complexity index is 1560. The largest absolute Gasteiger partial charge is 0.481 e. The number of alkyl halides is 2. The van der Waals surface area contributed by atoms with E-state index in [2.05, 4.69) is 15.6 Å². The van der Waals surface area contributed by atoms with E-state index >= 15 is 0 Å². The smallest absolute Gasteiger partial charge is 0.313 e. The fourth-order valence-corrected chi connectivity index (χ4v) is 7.21. The molecule has 0 saturated carbocycles. The second kappa shape index (κ2) is 8.08. The van der Waals surface area contributed by atoms with Gasteiger partial charge in [-0.1, -0.05) is 41.4 Å². The number of nitrogens with zero attached hydrogens (tertiary/aromatic N) is 2. The molecule has 1 aromatic heterocycles. The molecule has 0 aliphatic carbocycles. The van der Waals surface area contributed by atoms with Crippen molar-refractivity contribution in [2.75, 3.05) is 17.2 Å². The third kappa shape index (κ3) is 3.11. The molecule has 3 aliphatic rings. The van der Waals surface area contributed by atoms with Crippen LogP contribution in [0.1, 0.15) is 18.9 Å². The van der Waals surface area contributed by atoms with Crippen LogP contribution in [0.25, 0.3) is 10.9 Å². The minimum atomic E-state index is -3.28. The summed E-state index contributed by atoms with van der Waals surface area (Å²) in [4.78, 5) is 46.3. The van der Waals surface area contributed by atoms with E-state index in [1.54, 1.807) is 30.3 Å². The standard InChI is InChI=1S/C26H20Cl2F2N4O4/c1-24(23(37)38)18(21(35)32-16-6-2-4-12-5-3-7-31-19(12)16)17-10-25(29,30)11-34(17)26(24)14-8-13(27)9-15(28)20(14)33-22(26)36/h2-9,17-18H,10-11H2,1H3,(H,32,35)(H,33,36)(H,37,38)/t17?,18?,24-,26?/m1/s1. The van der Waals surface area contributed by atoms with Crippen molar-refractivity contribution in [1.29, 1.82) is 0 Å². The van der Waals surface area contributed by atoms with Crippen LogP contribution in [0.4, 0.5) is 20.2 Å². The first-order valence-electron chi connectivity index (χ1n) is 11.8. The van der Waals surface area contributed by atoms with Crippen molar-refractivity contribution in [3.05, 3.63) is 64.3 Å². The molecule has 0 radical (unpaired) electrons. The molecule has 3 aromatic rings. The zero-order valence-corrected chi connectivity index (χ0v) is 21.3. The Morgan fingerprint density at radius 3 is 2.68 bits per heavy atom. The number of amides is 2. The maximum atomic E-state index is 15.0. The van der Waals surface area contributed by atoms with Crippen molar-refractivity contribution in [3.8, 4) is 0 Å². The number of para-hydroxylation sites is 1. The first-order chi connectivity index (χ1) is 17.9. The quantitative estimate of drug-likeness (QED) is 0.426. The molecule has 1 spiro atoms. The van der Waals surface area contributed by atoms with Gasteiger partial charge in [0.05, 0.1) is 34.4 Å². The van der Waals surface area contributed by atoms with Gasteiger partial charge in [0.25, 0.3) is 11.8 Å². The number of anilines is 2. The number of carboxylic acids is 1. The second-order valence-corrected chi connectivity index (χ2v) is 10.9. The first kappa shape index (κ1) is 25.0. The van der Waals surface area contributed by atoms with Crippen LogP contribution in [0.2, 0.25) is 10.0 Å². The molecule has 2 aromatic carbocycles. The topological polar surface area (TPSA) is 112 Å². The molecule has 196 valence electrons. The maximum Gasteiger partial charge on any atom is 0.313 e. The molecule has 0 bridgehead atoms. The van der Waals surface area contributed by atoms with Crippen LogP contribution in [0.15, 0.2) is 48.7 Å². The van der Waals surface area contributed by atoms with Crippen molar-refractivity contribution in [1.82, 2.24) is 9.88 Å². The highest BCUT2D eigenvalue weighted by atomic mass is 35.5. The van der Waals surface area contributed by atoms with Crippen LogP contribution >= 0.6 is 23.2 Å². The van der Waals surface area contributed by atoms with Crippen LogP contribution in [0.5, 0.6) is 0 Å². The average Bonchev–Trinajstić information content (AvgIpc) is 3.39. The number of carbonyl (C=O) groups excluding carboxylic acids is 2. The van der Waals surface area contributed by atoms with E-state index in [1.165, 1.54) is 25.3 Å². The van der Waals surface area contributed by atoms with Gasteiger partial charge in [0.1, 0.15) is 11.0 Å². The molecule has 3 aliphatic heterocycles. The van der Waals surface area contributed by atoms with Crippen LogP contribution in [-0.2, 0) is 19.9 Å². The predicted molar refractivity (Wildman–Crippen MR) is 136 cm³/mol. The Balaban J connectivity index is 1.56. The fraction of sp³-hybridized carbons (Fsp3) is 0.308. The zero-order chi connectivity index (χ0) is 27.2. The van der Waals surface area contributed by atoms with Crippen molar-refractivity contribution in [2.45, 2.75) is 30.8 Å². The highest BCUT2D eigenvalue weighted by molar-refractivity contribution is 6.38. The van der Waals surface area contributed by atoms with Gasteiger partial charge >= 0.3 is 5.97 Å². The van der Waals surface area contributed by atoms with E-state index in [0.29, 0.717) is 11.2 Å². The third-order valence-corrected chi connectivity index (χ3v) is 8.64. The van der Waals surface area contributed by atoms with Gasteiger partial charge in [-0.05, 0) is 31.2 Å². The SMILES string of the molecule is C[C@]1(C(=O)O)C(C(=O)Nc2cccc3cccnc23)C2CC(F)(F)CN2C12C(=O)Nc1c(Cl)cc(Cl)cc12. The van der Waals surface area contributed by atoms with Gasteiger partial charge < -0.3 is 15.7 Å². The van der Waals surface area contributed by atoms with E-state index in [0.717, 1.165) is 10.3 Å². The number of hydrogen-bond donors (Lipinski definition) is 3. The summed E-state index contributed by atoms with van der Waals surface area (Å²) in [7, 11) is 0. The summed E-state index contributed by atoms with van der Waals surface area (Å²) in [5.41, 5.74) is -3.48. The Morgan fingerprint density at radius 2 is 1.95 bits per heavy atom. The molecule has 3 N–H and O–H groups in total. The monoisotopic (exact) mass is 560 g/mol. The van der Waals surface area contributed by atoms with Crippen molar-refractivity contribution < 1.29 is 28.3 Å². The zero-order valence-electron chi connectivity index (χ0n) is 19.8. The van der Waals surface area contributed by atoms with Crippen LogP contribution in [0.3, 0.4) is 0 Å². The summed E-state index contributed by atoms with van der Waals surface area (Å²) in [6.45, 7) is 0.331. The second-order valence-electron chi connectivity index (χ2n) is 10.1. The summed E-state index contributed by atoms with van der Waals surface area (Å²) in [5.74, 6) is -7.99. The van der Waals surface area contributed by atoms with E-state index in [1.807, 2.05) is 0 Å². The summed E-state index contributed by atoms with van der Waals surface area (Å²) < 4.78 is 29.9. The lowest BCUT2D eigenvalue weighted by Crippen LogP contribution is -2.60. The molecular formula is C26H20Cl2F2N4O4. The van der Waals surface area contributed by atoms with E-state index in [-0.39, 0.29) is 21.3 Å². The lowest BCUT2D eigenvalue weighted by Gasteiger charge is -2.42. The van der Waals surface area contributed by atoms with Crippen LogP contribution in [0, 0.1) is 11.3 Å². The predicted octanol–water partition coefficient (Wildman–Crippen LogP) is 4.76. The Labute approximate surface area is 224 Å². The summed E-state index contributed by atoms with van der Waals surface area (Å²) >= 11 is 12.6. The highest BCUT2D eigenvalue weighted by Gasteiger charge is 2.80. The normalized spacial score (nSPS) is 29.3. The Morgan fingerprint density at radius 1 is 1.21 bits per heavy atom. The third-order valence-electron chi connectivity index (χ3n) is 8.13. The molecule has 6 rings (SSSR count). The minimum Gasteiger partial charge on any atom is -0.481 e. The average molecular weight is 561 g/mol. The number of carbonyl (C=O) groups is 3. The molecule has 4 atom stereocenters. The van der Waals surface area contributed by atoms with Gasteiger partial charge in [0.15, 0.2) is 0 Å². The van der Waals surface area contributed by atoms with Gasteiger partial charge in [-0.25, -0.2) is 8.78 Å². The van der Waals surface area contributed by atoms with Gasteiger partial charge in [0, 0.05) is 34.6 Å². The van der Waals surface area contributed by atoms with Gasteiger partial charge in [-0.2, -0.15) is 0 Å². The number of rotatable bonds is 3. The highest BCUT2D eigenvalue weighted by Crippen LogP contribution is 2.66. The lowest BCUT2D eigenvalue weighted by molar-refractivity contribution is -0.164. The van der Waals surface area contributed by atoms with Crippen molar-refractivity contribution in [3.63, 3.8) is 0 Å². The number of benzene rings is 2. The van der Waals surface area contributed by atoms with Crippen LogP contribution in [-0.4, -0.2) is 51.3 Å². The lowest BCUT2D eigenvalue weighted by atomic mass is 9.62. The first-order valence-corrected chi connectivity index (χ1v) is 12.5. The molecule has 38 heavy (non-hydrogen) atoms. The Hall–Kier alpha value is -3.34. The minimum absolute atomic E-state index is 0.0303. The Kier molecular flexibility index (Phi) is 5.31. The maximum absolute atomic E-state index is 15.0. The summed E-state index contributed by atoms with van der Waals surface area (Å²) in [6.07, 6.45) is 0.733. The van der Waals surface area contributed by atoms with Gasteiger partial charge in [-0.15, -0.1) is 0 Å². The molecule has 2 amide bonds. The van der Waals surface area contributed by atoms with Gasteiger partial charge in [-0.3, -0.25) is 24.3 Å². The summed E-state index contributed by atoms with van der Waals surface area (Å²) in [6, 6.07) is 10.0. The van der Waals surface area contributed by atoms with E-state index in [9.17, 15) is 28.3 Å². The molecule has 12 heteroatoms. The molecule has 2 fully saturated rings. The number of aliphatic carboxylic acids is 1. The summed E-state index contributed by atoms with van der Waals surface area (Å²) in [5, 5.41) is 16.8. The number of halogens is 4. The van der Waals surface area contributed by atoms with Crippen LogP contribution < -0.4 is 10.6 Å². The number of aromatic nitrogens is 1. The van der Waals surface area contributed by atoms with Crippen molar-refractivity contribution in [2.24, 2.45) is 11.3 Å². The number of nitrogens with one attached hydrogen (secondary N) is 2. The van der Waals surface area contributed by atoms with Crippen molar-refractivity contribution >= 4 is 63.3 Å².